The van der Waals surface area contributed by atoms with Crippen LogP contribution in [0.15, 0.2) is 65.7 Å². The van der Waals surface area contributed by atoms with Crippen molar-refractivity contribution in [3.8, 4) is 33.7 Å². The first kappa shape index (κ1) is 25.2. The molecule has 10 heteroatoms. The Morgan fingerprint density at radius 1 is 1.08 bits per heavy atom. The zero-order valence-electron chi connectivity index (χ0n) is 21.5. The Bertz CT molecular complexity index is 1640. The number of para-hydroxylation sites is 1. The van der Waals surface area contributed by atoms with Crippen LogP contribution in [-0.4, -0.2) is 44.3 Å². The Morgan fingerprint density at radius 3 is 2.49 bits per heavy atom. The van der Waals surface area contributed by atoms with Crippen LogP contribution in [0.1, 0.15) is 19.3 Å². The maximum Gasteiger partial charge on any atom is 0.332 e. The molecule has 4 N–H and O–H groups in total. The van der Waals surface area contributed by atoms with Gasteiger partial charge in [0.1, 0.15) is 17.4 Å². The van der Waals surface area contributed by atoms with Crippen LogP contribution in [0.5, 0.6) is 5.75 Å². The minimum Gasteiger partial charge on any atom is -0.507 e. The van der Waals surface area contributed by atoms with Gasteiger partial charge in [-0.1, -0.05) is 35.9 Å². The van der Waals surface area contributed by atoms with Crippen LogP contribution in [0.2, 0.25) is 5.02 Å². The van der Waals surface area contributed by atoms with Crippen molar-refractivity contribution in [3.05, 3.63) is 76.4 Å². The smallest absolute Gasteiger partial charge is 0.332 e. The number of carbonyl (C=O) groups excluding carboxylic acids is 1. The summed E-state index contributed by atoms with van der Waals surface area (Å²) in [5.41, 5.74) is 9.12. The van der Waals surface area contributed by atoms with E-state index >= 15 is 0 Å². The average Bonchev–Trinajstić information content (AvgIpc) is 3.61. The molecule has 200 valence electrons. The van der Waals surface area contributed by atoms with Crippen LogP contribution < -0.4 is 21.6 Å². The maximum atomic E-state index is 12.5. The number of phenols is 1. The maximum absolute atomic E-state index is 12.5. The lowest BCUT2D eigenvalue weighted by Crippen LogP contribution is -2.27. The van der Waals surface area contributed by atoms with Gasteiger partial charge in [-0.25, -0.2) is 9.78 Å². The normalized spacial score (nSPS) is 17.0. The highest BCUT2D eigenvalue weighted by Gasteiger charge is 2.30. The second-order valence-electron chi connectivity index (χ2n) is 10.3. The molecule has 6 rings (SSSR count). The van der Waals surface area contributed by atoms with E-state index in [9.17, 15) is 14.7 Å². The largest absolute Gasteiger partial charge is 0.507 e. The van der Waals surface area contributed by atoms with E-state index in [1.54, 1.807) is 37.6 Å². The Kier molecular flexibility index (Phi) is 6.40. The third kappa shape index (κ3) is 4.91. The number of amides is 1. The number of nitrogens with one attached hydrogen (secondary N) is 1. The number of pyridine rings is 1. The van der Waals surface area contributed by atoms with E-state index in [2.05, 4.69) is 10.2 Å². The number of nitrogens with two attached hydrogens (primary N) is 1. The second kappa shape index (κ2) is 9.91. The number of hydrogen-bond donors (Lipinski definition) is 3. The first-order chi connectivity index (χ1) is 18.8. The number of anilines is 2. The summed E-state index contributed by atoms with van der Waals surface area (Å²) in [6.07, 6.45) is 5.98. The minimum atomic E-state index is -0.202. The summed E-state index contributed by atoms with van der Waals surface area (Å²) in [5, 5.41) is 14.8. The highest BCUT2D eigenvalue weighted by atomic mass is 35.5. The molecule has 0 unspecified atom stereocenters. The van der Waals surface area contributed by atoms with Gasteiger partial charge in [0.25, 0.3) is 0 Å². The van der Waals surface area contributed by atoms with Crippen molar-refractivity contribution in [1.29, 1.82) is 0 Å². The van der Waals surface area contributed by atoms with Crippen LogP contribution in [0.3, 0.4) is 0 Å². The van der Waals surface area contributed by atoms with Crippen LogP contribution >= 0.6 is 11.6 Å². The molecule has 3 heterocycles. The van der Waals surface area contributed by atoms with Gasteiger partial charge in [0, 0.05) is 55.6 Å². The molecule has 2 aromatic carbocycles. The number of carbonyl (C=O) groups is 1. The summed E-state index contributed by atoms with van der Waals surface area (Å²) in [5.74, 6) is 1.24. The summed E-state index contributed by atoms with van der Waals surface area (Å²) in [6.45, 7) is 1.45. The molecule has 1 saturated heterocycles. The van der Waals surface area contributed by atoms with Crippen molar-refractivity contribution in [2.75, 3.05) is 23.3 Å². The lowest BCUT2D eigenvalue weighted by Gasteiger charge is -2.20. The van der Waals surface area contributed by atoms with E-state index in [4.69, 9.17) is 22.3 Å². The molecule has 1 aliphatic heterocycles. The predicted octanol–water partition coefficient (Wildman–Crippen LogP) is 4.15. The third-order valence-electron chi connectivity index (χ3n) is 7.37. The molecule has 39 heavy (non-hydrogen) atoms. The third-order valence-corrected chi connectivity index (χ3v) is 7.68. The van der Waals surface area contributed by atoms with Crippen LogP contribution in [0.25, 0.3) is 27.9 Å². The second-order valence-corrected chi connectivity index (χ2v) is 10.7. The molecular weight excluding hydrogens is 516 g/mol. The summed E-state index contributed by atoms with van der Waals surface area (Å²) in [4.78, 5) is 31.7. The Hall–Kier alpha value is -4.08. The first-order valence-corrected chi connectivity index (χ1v) is 13.4. The van der Waals surface area contributed by atoms with E-state index in [0.717, 1.165) is 31.4 Å². The van der Waals surface area contributed by atoms with Gasteiger partial charge in [-0.05, 0) is 54.7 Å². The Balaban J connectivity index is 1.39. The molecule has 0 radical (unpaired) electrons. The minimum absolute atomic E-state index is 0.0334. The average molecular weight is 545 g/mol. The molecule has 1 aliphatic carbocycles. The van der Waals surface area contributed by atoms with Crippen molar-refractivity contribution in [3.63, 3.8) is 0 Å². The van der Waals surface area contributed by atoms with E-state index in [-0.39, 0.29) is 29.3 Å². The van der Waals surface area contributed by atoms with Gasteiger partial charge in [0.15, 0.2) is 0 Å². The van der Waals surface area contributed by atoms with E-state index in [1.165, 1.54) is 9.13 Å². The van der Waals surface area contributed by atoms with Gasteiger partial charge < -0.3 is 25.6 Å². The fourth-order valence-corrected chi connectivity index (χ4v) is 5.27. The van der Waals surface area contributed by atoms with Gasteiger partial charge in [0.2, 0.25) is 5.91 Å². The molecule has 1 amide bonds. The van der Waals surface area contributed by atoms with Crippen LogP contribution in [0.4, 0.5) is 11.6 Å². The fourth-order valence-electron chi connectivity index (χ4n) is 4.99. The first-order valence-electron chi connectivity index (χ1n) is 13.0. The molecule has 2 fully saturated rings. The van der Waals surface area contributed by atoms with Crippen molar-refractivity contribution in [2.45, 2.75) is 25.3 Å². The predicted molar refractivity (Wildman–Crippen MR) is 153 cm³/mol. The molecule has 9 nitrogen and oxygen atoms in total. The number of rotatable bonds is 6. The van der Waals surface area contributed by atoms with Crippen molar-refractivity contribution < 1.29 is 9.90 Å². The molecule has 1 atom stereocenters. The van der Waals surface area contributed by atoms with Crippen molar-refractivity contribution >= 4 is 29.1 Å². The monoisotopic (exact) mass is 544 g/mol. The quantitative estimate of drug-likeness (QED) is 0.335. The van der Waals surface area contributed by atoms with Gasteiger partial charge in [-0.2, -0.15) is 0 Å². The van der Waals surface area contributed by atoms with Crippen molar-refractivity contribution in [1.82, 2.24) is 14.1 Å². The summed E-state index contributed by atoms with van der Waals surface area (Å²) in [7, 11) is 1.68. The number of aryl methyl sites for hydroxylation is 1. The number of aromatic hydroxyl groups is 1. The highest BCUT2D eigenvalue weighted by Crippen LogP contribution is 2.41. The van der Waals surface area contributed by atoms with Gasteiger partial charge in [-0.3, -0.25) is 9.36 Å². The van der Waals surface area contributed by atoms with Crippen LogP contribution in [0, 0.1) is 5.92 Å². The van der Waals surface area contributed by atoms with Crippen LogP contribution in [-0.2, 0) is 11.8 Å². The summed E-state index contributed by atoms with van der Waals surface area (Å²) >= 11 is 6.59. The number of aromatic nitrogens is 3. The summed E-state index contributed by atoms with van der Waals surface area (Å²) in [6, 6.07) is 14.6. The lowest BCUT2D eigenvalue weighted by molar-refractivity contribution is -0.117. The van der Waals surface area contributed by atoms with Gasteiger partial charge in [-0.15, -0.1) is 0 Å². The fraction of sp³-hybridized carbons (Fsp3) is 0.276. The molecule has 2 aromatic heterocycles. The number of hydrogen-bond acceptors (Lipinski definition) is 6. The Labute approximate surface area is 230 Å². The number of benzene rings is 2. The zero-order chi connectivity index (χ0) is 27.3. The molecule has 1 saturated carbocycles. The zero-order valence-corrected chi connectivity index (χ0v) is 22.2. The SMILES string of the molecule is Cn1ccn(-c2ccc(-c3cccc(-c4cc(NC(=O)C5CC5)nc(N5CC[C@H](N)C5)c4)c3O)cc2Cl)c1=O. The highest BCUT2D eigenvalue weighted by molar-refractivity contribution is 6.32. The molecule has 2 aliphatic rings. The van der Waals surface area contributed by atoms with E-state index < -0.39 is 0 Å². The molecule has 4 aromatic rings. The van der Waals surface area contributed by atoms with Crippen molar-refractivity contribution in [2.24, 2.45) is 18.7 Å². The molecule has 0 spiro atoms. The van der Waals surface area contributed by atoms with E-state index in [1.807, 2.05) is 30.3 Å². The summed E-state index contributed by atoms with van der Waals surface area (Å²) < 4.78 is 2.95. The number of halogens is 1. The number of imidazole rings is 1. The molecule has 0 bridgehead atoms. The van der Waals surface area contributed by atoms with Gasteiger partial charge >= 0.3 is 5.69 Å². The molecular formula is C29H29ClN6O3. The standard InChI is InChI=1S/C29H29ClN6O3/c1-34-11-12-36(29(34)39)24-8-7-18(13-23(24)30)21-3-2-4-22(27(21)37)19-14-25(33-28(38)17-5-6-17)32-26(15-19)35-10-9-20(31)16-35/h2-4,7-8,11-15,17,20,37H,5-6,9-10,16,31H2,1H3,(H,32,33,38)/t20-/m0/s1. The number of phenolic OH excluding ortho intramolecular Hbond substituents is 1. The lowest BCUT2D eigenvalue weighted by atomic mass is 9.97. The topological polar surface area (TPSA) is 118 Å². The Morgan fingerprint density at radius 2 is 1.85 bits per heavy atom. The van der Waals surface area contributed by atoms with Gasteiger partial charge in [0.05, 0.1) is 10.7 Å². The van der Waals surface area contributed by atoms with E-state index in [0.29, 0.717) is 45.6 Å². The number of nitrogens with zero attached hydrogens (tertiary/aromatic N) is 4.